The molecule has 0 aromatic carbocycles. The fraction of sp³-hybridized carbons (Fsp3) is 0.467. The summed E-state index contributed by atoms with van der Waals surface area (Å²) in [6.07, 6.45) is 7.74. The van der Waals surface area contributed by atoms with Crippen LogP contribution in [0.1, 0.15) is 46.6 Å². The Labute approximate surface area is 117 Å². The van der Waals surface area contributed by atoms with E-state index in [1.165, 1.54) is 0 Å². The normalized spacial score (nSPS) is 15.2. The molecule has 0 amide bonds. The van der Waals surface area contributed by atoms with Crippen LogP contribution in [-0.2, 0) is 24.3 Å². The number of carbonyl (C=O) groups excluding carboxylic acids is 1. The second-order valence-corrected chi connectivity index (χ2v) is 5.22. The van der Waals surface area contributed by atoms with E-state index in [-0.39, 0.29) is 5.78 Å². The molecule has 0 saturated carbocycles. The Kier molecular flexibility index (Phi) is 3.69. The molecule has 0 atom stereocenters. The van der Waals surface area contributed by atoms with Gasteiger partial charge in [-0.05, 0) is 24.8 Å². The van der Waals surface area contributed by atoms with Gasteiger partial charge in [-0.3, -0.25) is 4.79 Å². The lowest BCUT2D eigenvalue weighted by atomic mass is 10.1. The molecular formula is C15H18N2O3. The Balaban J connectivity index is 1.77. The second kappa shape index (κ2) is 5.63. The number of fused-ring (bicyclic) bond motifs is 1. The molecule has 5 nitrogen and oxygen atoms in total. The quantitative estimate of drug-likeness (QED) is 0.804. The summed E-state index contributed by atoms with van der Waals surface area (Å²) in [7, 11) is 1.62. The van der Waals surface area contributed by atoms with Crippen LogP contribution in [0.15, 0.2) is 23.0 Å². The van der Waals surface area contributed by atoms with Gasteiger partial charge in [0.1, 0.15) is 12.3 Å². The van der Waals surface area contributed by atoms with Crippen molar-refractivity contribution in [1.29, 1.82) is 0 Å². The minimum atomic E-state index is 0.261. The first-order chi connectivity index (χ1) is 9.76. The largest absolute Gasteiger partial charge is 0.377 e. The first-order valence-corrected chi connectivity index (χ1v) is 6.91. The van der Waals surface area contributed by atoms with Gasteiger partial charge < -0.3 is 13.8 Å². The summed E-state index contributed by atoms with van der Waals surface area (Å²) in [5, 5.41) is 4.01. The van der Waals surface area contributed by atoms with Gasteiger partial charge in [0.05, 0.1) is 6.54 Å². The van der Waals surface area contributed by atoms with E-state index in [4.69, 9.17) is 9.26 Å². The number of ketones is 1. The van der Waals surface area contributed by atoms with Crippen molar-refractivity contribution in [2.75, 3.05) is 7.11 Å². The molecule has 0 aliphatic heterocycles. The fourth-order valence-corrected chi connectivity index (χ4v) is 2.66. The average Bonchev–Trinajstić information content (AvgIpc) is 2.99. The van der Waals surface area contributed by atoms with Crippen molar-refractivity contribution in [2.24, 2.45) is 0 Å². The highest BCUT2D eigenvalue weighted by molar-refractivity contribution is 5.97. The fourth-order valence-electron chi connectivity index (χ4n) is 2.66. The number of hydrogen-bond acceptors (Lipinski definition) is 4. The van der Waals surface area contributed by atoms with E-state index in [9.17, 15) is 4.79 Å². The first-order valence-electron chi connectivity index (χ1n) is 6.91. The van der Waals surface area contributed by atoms with E-state index < -0.39 is 0 Å². The molecule has 5 heteroatoms. The van der Waals surface area contributed by atoms with Gasteiger partial charge in [-0.2, -0.15) is 0 Å². The van der Waals surface area contributed by atoms with E-state index in [1.54, 1.807) is 7.11 Å². The first kappa shape index (κ1) is 13.1. The van der Waals surface area contributed by atoms with Crippen molar-refractivity contribution in [2.45, 2.75) is 38.8 Å². The number of aryl methyl sites for hydroxylation is 1. The van der Waals surface area contributed by atoms with Gasteiger partial charge in [-0.25, -0.2) is 0 Å². The van der Waals surface area contributed by atoms with E-state index >= 15 is 0 Å². The molecule has 1 aliphatic rings. The summed E-state index contributed by atoms with van der Waals surface area (Å²) in [6, 6.07) is 1.89. The third kappa shape index (κ3) is 2.67. The maximum atomic E-state index is 12.0. The van der Waals surface area contributed by atoms with Gasteiger partial charge in [0.15, 0.2) is 11.5 Å². The molecule has 0 N–H and O–H groups in total. The molecule has 0 spiro atoms. The Bertz CT molecular complexity index is 612. The number of hydrogen-bond donors (Lipinski definition) is 0. The second-order valence-electron chi connectivity index (χ2n) is 5.22. The zero-order valence-electron chi connectivity index (χ0n) is 11.6. The maximum absolute atomic E-state index is 12.0. The number of carbonyl (C=O) groups is 1. The van der Waals surface area contributed by atoms with Crippen molar-refractivity contribution >= 4 is 5.78 Å². The third-order valence-electron chi connectivity index (χ3n) is 3.60. The molecule has 3 rings (SSSR count). The Morgan fingerprint density at radius 1 is 1.35 bits per heavy atom. The van der Waals surface area contributed by atoms with Crippen LogP contribution in [-0.4, -0.2) is 22.6 Å². The predicted octanol–water partition coefficient (Wildman–Crippen LogP) is 2.58. The summed E-state index contributed by atoms with van der Waals surface area (Å²) in [6.45, 7) is 1.04. The van der Waals surface area contributed by atoms with Crippen LogP contribution >= 0.6 is 0 Å². The van der Waals surface area contributed by atoms with Crippen LogP contribution in [0.2, 0.25) is 0 Å². The SMILES string of the molecule is COCc1cc(Cn2cc3c(c2)C(=O)CCCC3)no1. The summed E-state index contributed by atoms with van der Waals surface area (Å²) >= 11 is 0. The number of methoxy groups -OCH3 is 1. The highest BCUT2D eigenvalue weighted by Crippen LogP contribution is 2.22. The van der Waals surface area contributed by atoms with Gasteiger partial charge in [-0.1, -0.05) is 5.16 Å². The Morgan fingerprint density at radius 3 is 3.05 bits per heavy atom. The smallest absolute Gasteiger partial charge is 0.164 e. The Hall–Kier alpha value is -1.88. The van der Waals surface area contributed by atoms with Crippen molar-refractivity contribution in [3.63, 3.8) is 0 Å². The van der Waals surface area contributed by atoms with Crippen LogP contribution in [0.4, 0.5) is 0 Å². The van der Waals surface area contributed by atoms with Crippen LogP contribution in [0.5, 0.6) is 0 Å². The zero-order valence-corrected chi connectivity index (χ0v) is 11.6. The monoisotopic (exact) mass is 274 g/mol. The lowest BCUT2D eigenvalue weighted by Crippen LogP contribution is -1.99. The van der Waals surface area contributed by atoms with Gasteiger partial charge in [-0.15, -0.1) is 0 Å². The van der Waals surface area contributed by atoms with Crippen molar-refractivity contribution in [3.05, 3.63) is 41.0 Å². The summed E-state index contributed by atoms with van der Waals surface area (Å²) in [5.74, 6) is 0.976. The van der Waals surface area contributed by atoms with Crippen LogP contribution in [0.3, 0.4) is 0 Å². The van der Waals surface area contributed by atoms with Crippen LogP contribution in [0, 0.1) is 0 Å². The molecule has 0 bridgehead atoms. The minimum Gasteiger partial charge on any atom is -0.377 e. The highest BCUT2D eigenvalue weighted by atomic mass is 16.5. The lowest BCUT2D eigenvalue weighted by Gasteiger charge is -1.98. The number of rotatable bonds is 4. The molecule has 106 valence electrons. The molecule has 1 aliphatic carbocycles. The molecule has 0 saturated heterocycles. The minimum absolute atomic E-state index is 0.261. The lowest BCUT2D eigenvalue weighted by molar-refractivity contribution is 0.0982. The van der Waals surface area contributed by atoms with E-state index in [1.807, 2.05) is 16.8 Å². The van der Waals surface area contributed by atoms with E-state index in [0.717, 1.165) is 36.1 Å². The highest BCUT2D eigenvalue weighted by Gasteiger charge is 2.18. The number of aromatic nitrogens is 2. The summed E-state index contributed by atoms with van der Waals surface area (Å²) < 4.78 is 12.2. The van der Waals surface area contributed by atoms with Gasteiger partial charge >= 0.3 is 0 Å². The third-order valence-corrected chi connectivity index (χ3v) is 3.60. The van der Waals surface area contributed by atoms with Gasteiger partial charge in [0, 0.05) is 37.6 Å². The molecule has 2 aromatic heterocycles. The molecule has 2 heterocycles. The molecule has 2 aromatic rings. The summed E-state index contributed by atoms with van der Waals surface area (Å²) in [5.41, 5.74) is 2.88. The topological polar surface area (TPSA) is 57.3 Å². The molecule has 0 radical (unpaired) electrons. The molecule has 20 heavy (non-hydrogen) atoms. The number of Topliss-reactive ketones (excluding diaryl/α,β-unsaturated/α-hetero) is 1. The summed E-state index contributed by atoms with van der Waals surface area (Å²) in [4.78, 5) is 12.0. The zero-order chi connectivity index (χ0) is 13.9. The van der Waals surface area contributed by atoms with Crippen molar-refractivity contribution in [3.8, 4) is 0 Å². The standard InChI is InChI=1S/C15H18N2O3/c1-19-10-13-6-12(16-20-13)8-17-7-11-4-2-3-5-15(18)14(11)9-17/h6-7,9H,2-5,8,10H2,1H3. The van der Waals surface area contributed by atoms with E-state index in [0.29, 0.717) is 25.3 Å². The van der Waals surface area contributed by atoms with Crippen molar-refractivity contribution < 1.29 is 14.1 Å². The maximum Gasteiger partial charge on any atom is 0.164 e. The van der Waals surface area contributed by atoms with Gasteiger partial charge in [0.25, 0.3) is 0 Å². The van der Waals surface area contributed by atoms with Crippen molar-refractivity contribution in [1.82, 2.24) is 9.72 Å². The number of ether oxygens (including phenoxy) is 1. The molecular weight excluding hydrogens is 256 g/mol. The number of nitrogens with zero attached hydrogens (tertiary/aromatic N) is 2. The Morgan fingerprint density at radius 2 is 2.20 bits per heavy atom. The average molecular weight is 274 g/mol. The van der Waals surface area contributed by atoms with Gasteiger partial charge in [0.2, 0.25) is 0 Å². The molecule has 0 fully saturated rings. The van der Waals surface area contributed by atoms with E-state index in [2.05, 4.69) is 11.4 Å². The van der Waals surface area contributed by atoms with Crippen LogP contribution < -0.4 is 0 Å². The van der Waals surface area contributed by atoms with Crippen LogP contribution in [0.25, 0.3) is 0 Å². The predicted molar refractivity (Wildman–Crippen MR) is 72.6 cm³/mol. The molecule has 0 unspecified atom stereocenters.